The summed E-state index contributed by atoms with van der Waals surface area (Å²) in [6.07, 6.45) is 3.63. The van der Waals surface area contributed by atoms with Crippen LogP contribution in [0.2, 0.25) is 0 Å². The van der Waals surface area contributed by atoms with Crippen molar-refractivity contribution in [2.75, 3.05) is 9.80 Å². The van der Waals surface area contributed by atoms with E-state index in [0.29, 0.717) is 5.82 Å². The number of aromatic nitrogens is 4. The van der Waals surface area contributed by atoms with Gasteiger partial charge in [-0.1, -0.05) is 121 Å². The topological polar surface area (TPSA) is 42.1 Å². The molecule has 370 valence electrons. The van der Waals surface area contributed by atoms with Crippen LogP contribution in [0.5, 0.6) is 0 Å². The monoisotopic (exact) mass is 1000 g/mol. The van der Waals surface area contributed by atoms with Crippen LogP contribution in [0.4, 0.5) is 34.1 Å². The van der Waals surface area contributed by atoms with E-state index >= 15 is 0 Å². The molecule has 0 bridgehead atoms. The second-order valence-electron chi connectivity index (χ2n) is 20.0. The third-order valence-corrected chi connectivity index (χ3v) is 15.2. The second-order valence-corrected chi connectivity index (χ2v) is 20.0. The molecule has 0 spiro atoms. The summed E-state index contributed by atoms with van der Waals surface area (Å²) in [6.45, 7) is 4.46. The average molecular weight is 1000 g/mol. The van der Waals surface area contributed by atoms with Crippen LogP contribution in [0.25, 0.3) is 88.6 Å². The molecule has 0 aliphatic heterocycles. The summed E-state index contributed by atoms with van der Waals surface area (Å²) in [5.74, 6) is 0.688. The molecule has 0 aliphatic rings. The number of hydrogen-bond acceptors (Lipinski definition) is 4. The minimum Gasteiger partial charge on any atom is -0.310 e. The molecule has 3 heterocycles. The van der Waals surface area contributed by atoms with Gasteiger partial charge in [0.2, 0.25) is 0 Å². The lowest BCUT2D eigenvalue weighted by molar-refractivity contribution is 1.15. The molecule has 0 fully saturated rings. The quantitative estimate of drug-likeness (QED) is 0.129. The SMILES string of the molecule is Cc1cc(-c2cc(-c3ccc(-n4c5ccccc5c5cc(N(c6ccccc6)c6ccccc6)ccc54)c(C)c3)cc(-c3ncccn3)c2)ccc1-n1c2ccccc2c2cc(N(c3ccccc3)c3ccccc3)ccc21. The van der Waals surface area contributed by atoms with Gasteiger partial charge in [-0.15, -0.1) is 0 Å². The number of rotatable bonds is 11. The van der Waals surface area contributed by atoms with Crippen molar-refractivity contribution < 1.29 is 0 Å². The van der Waals surface area contributed by atoms with Crippen molar-refractivity contribution in [3.05, 3.63) is 290 Å². The molecule has 0 radical (unpaired) electrons. The van der Waals surface area contributed by atoms with E-state index in [1.165, 1.54) is 43.7 Å². The Kier molecular flexibility index (Phi) is 11.5. The number of para-hydroxylation sites is 6. The molecule has 0 unspecified atom stereocenters. The van der Waals surface area contributed by atoms with Crippen LogP contribution < -0.4 is 9.80 Å². The highest BCUT2D eigenvalue weighted by atomic mass is 15.1. The Balaban J connectivity index is 0.848. The minimum absolute atomic E-state index is 0.688. The second kappa shape index (κ2) is 19.4. The van der Waals surface area contributed by atoms with E-state index in [1.807, 2.05) is 18.5 Å². The lowest BCUT2D eigenvalue weighted by Gasteiger charge is -2.25. The molecule has 11 aromatic carbocycles. The summed E-state index contributed by atoms with van der Waals surface area (Å²) >= 11 is 0. The van der Waals surface area contributed by atoms with Crippen LogP contribution in [0.3, 0.4) is 0 Å². The van der Waals surface area contributed by atoms with E-state index in [1.54, 1.807) is 0 Å². The number of fused-ring (bicyclic) bond motifs is 6. The van der Waals surface area contributed by atoms with Gasteiger partial charge in [0.1, 0.15) is 0 Å². The molecule has 0 saturated carbocycles. The zero-order valence-corrected chi connectivity index (χ0v) is 43.2. The van der Waals surface area contributed by atoms with Gasteiger partial charge >= 0.3 is 0 Å². The van der Waals surface area contributed by atoms with Gasteiger partial charge in [0.15, 0.2) is 5.82 Å². The Labute approximate surface area is 453 Å². The van der Waals surface area contributed by atoms with Crippen LogP contribution in [-0.2, 0) is 0 Å². The largest absolute Gasteiger partial charge is 0.310 e. The Morgan fingerprint density at radius 1 is 0.269 bits per heavy atom. The highest BCUT2D eigenvalue weighted by Gasteiger charge is 2.21. The Morgan fingerprint density at radius 2 is 0.628 bits per heavy atom. The van der Waals surface area contributed by atoms with E-state index in [0.717, 1.165) is 84.3 Å². The van der Waals surface area contributed by atoms with Crippen LogP contribution in [0, 0.1) is 13.8 Å². The molecule has 0 N–H and O–H groups in total. The molecule has 0 atom stereocenters. The third kappa shape index (κ3) is 8.15. The van der Waals surface area contributed by atoms with Crippen molar-refractivity contribution in [1.29, 1.82) is 0 Å². The standard InChI is InChI=1S/C72H52N6/c1-49-42-51(32-36-66(49)77-68-30-17-15-28-62(68)64-47-60(34-38-70(64)77)75(56-20-7-3-8-21-56)57-22-9-4-10-23-57)53-44-54(46-55(45-53)72-73-40-19-41-74-72)52-33-37-67(50(2)43-52)78-69-31-18-16-29-63(69)65-48-61(35-39-71(65)78)76(58-24-11-5-12-25-58)59-26-13-6-14-27-59/h3-48H,1-2H3. The fourth-order valence-corrected chi connectivity index (χ4v) is 11.6. The number of aryl methyl sites for hydroxylation is 2. The van der Waals surface area contributed by atoms with Gasteiger partial charge in [-0.2, -0.15) is 0 Å². The maximum absolute atomic E-state index is 4.74. The first-order chi connectivity index (χ1) is 38.5. The van der Waals surface area contributed by atoms with Crippen molar-refractivity contribution in [2.45, 2.75) is 13.8 Å². The van der Waals surface area contributed by atoms with Crippen LogP contribution in [0.15, 0.2) is 279 Å². The summed E-state index contributed by atoms with van der Waals surface area (Å²) in [6, 6.07) is 96.1. The van der Waals surface area contributed by atoms with Crippen LogP contribution in [0.1, 0.15) is 11.1 Å². The number of nitrogens with zero attached hydrogens (tertiary/aromatic N) is 6. The van der Waals surface area contributed by atoms with Crippen molar-refractivity contribution in [3.8, 4) is 45.0 Å². The molecule has 6 nitrogen and oxygen atoms in total. The molecule has 14 rings (SSSR count). The fourth-order valence-electron chi connectivity index (χ4n) is 11.6. The number of benzene rings is 11. The molecule has 3 aromatic heterocycles. The molecular weight excluding hydrogens is 949 g/mol. The maximum atomic E-state index is 4.74. The Morgan fingerprint density at radius 3 is 1.03 bits per heavy atom. The summed E-state index contributed by atoms with van der Waals surface area (Å²) in [4.78, 5) is 14.2. The molecule has 0 amide bonds. The molecule has 78 heavy (non-hydrogen) atoms. The zero-order valence-electron chi connectivity index (χ0n) is 43.2. The molecule has 0 aliphatic carbocycles. The summed E-state index contributed by atoms with van der Waals surface area (Å²) in [5, 5.41) is 4.82. The van der Waals surface area contributed by atoms with E-state index in [9.17, 15) is 0 Å². The smallest absolute Gasteiger partial charge is 0.159 e. The molecule has 0 saturated heterocycles. The Bertz CT molecular complexity index is 4160. The summed E-state index contributed by atoms with van der Waals surface area (Å²) < 4.78 is 4.85. The fraction of sp³-hybridized carbons (Fsp3) is 0.0278. The zero-order chi connectivity index (χ0) is 52.1. The van der Waals surface area contributed by atoms with Gasteiger partial charge in [-0.3, -0.25) is 0 Å². The summed E-state index contributed by atoms with van der Waals surface area (Å²) in [7, 11) is 0. The lowest BCUT2D eigenvalue weighted by atomic mass is 9.94. The first kappa shape index (κ1) is 46.2. The average Bonchev–Trinajstić information content (AvgIpc) is 4.17. The lowest BCUT2D eigenvalue weighted by Crippen LogP contribution is -2.09. The van der Waals surface area contributed by atoms with Crippen LogP contribution >= 0.6 is 0 Å². The van der Waals surface area contributed by atoms with E-state index < -0.39 is 0 Å². The van der Waals surface area contributed by atoms with E-state index in [2.05, 4.69) is 294 Å². The maximum Gasteiger partial charge on any atom is 0.159 e. The van der Waals surface area contributed by atoms with Gasteiger partial charge in [-0.25, -0.2) is 9.97 Å². The van der Waals surface area contributed by atoms with Gasteiger partial charge in [0.25, 0.3) is 0 Å². The van der Waals surface area contributed by atoms with E-state index in [-0.39, 0.29) is 0 Å². The first-order valence-corrected chi connectivity index (χ1v) is 26.5. The van der Waals surface area contributed by atoms with Gasteiger partial charge in [0, 0.05) is 85.0 Å². The normalized spacial score (nSPS) is 11.5. The third-order valence-electron chi connectivity index (χ3n) is 15.2. The van der Waals surface area contributed by atoms with Gasteiger partial charge in [0.05, 0.1) is 22.1 Å². The molecular formula is C72H52N6. The first-order valence-electron chi connectivity index (χ1n) is 26.5. The van der Waals surface area contributed by atoms with Crippen LogP contribution in [-0.4, -0.2) is 19.1 Å². The summed E-state index contributed by atoms with van der Waals surface area (Å²) in [5.41, 5.74) is 21.3. The highest BCUT2D eigenvalue weighted by molar-refractivity contribution is 6.12. The van der Waals surface area contributed by atoms with Crippen molar-refractivity contribution >= 4 is 77.7 Å². The van der Waals surface area contributed by atoms with Gasteiger partial charge < -0.3 is 18.9 Å². The van der Waals surface area contributed by atoms with Crippen molar-refractivity contribution in [2.24, 2.45) is 0 Å². The molecule has 14 aromatic rings. The number of hydrogen-bond donors (Lipinski definition) is 0. The van der Waals surface area contributed by atoms with Crippen molar-refractivity contribution in [3.63, 3.8) is 0 Å². The highest BCUT2D eigenvalue weighted by Crippen LogP contribution is 2.43. The predicted molar refractivity (Wildman–Crippen MR) is 326 cm³/mol. The molecule has 6 heteroatoms. The Hall–Kier alpha value is -10.3. The van der Waals surface area contributed by atoms with E-state index in [4.69, 9.17) is 9.97 Å². The minimum atomic E-state index is 0.688. The predicted octanol–water partition coefficient (Wildman–Crippen LogP) is 19.2. The number of anilines is 6. The van der Waals surface area contributed by atoms with Crippen molar-refractivity contribution in [1.82, 2.24) is 19.1 Å². The van der Waals surface area contributed by atoms with Gasteiger partial charge in [-0.05, 0) is 193 Å².